The molecule has 0 radical (unpaired) electrons. The highest BCUT2D eigenvalue weighted by molar-refractivity contribution is 6.30. The number of amides is 1. The number of carbonyl (C=O) groups is 1. The minimum absolute atomic E-state index is 0.0155. The first-order valence-corrected chi connectivity index (χ1v) is 9.64. The van der Waals surface area contributed by atoms with Gasteiger partial charge in [0.25, 0.3) is 0 Å². The van der Waals surface area contributed by atoms with E-state index in [2.05, 4.69) is 28.2 Å². The SMILES string of the molecule is Cc1ccc(NC(=O)Cc2cn(Cc3ccc(Cl)cc3)c3ccccc23)cc1. The van der Waals surface area contributed by atoms with E-state index < -0.39 is 0 Å². The molecule has 0 fully saturated rings. The lowest BCUT2D eigenvalue weighted by Gasteiger charge is -2.06. The van der Waals surface area contributed by atoms with E-state index in [4.69, 9.17) is 11.6 Å². The van der Waals surface area contributed by atoms with Crippen molar-refractivity contribution in [1.29, 1.82) is 0 Å². The highest BCUT2D eigenvalue weighted by Gasteiger charge is 2.12. The number of para-hydroxylation sites is 1. The van der Waals surface area contributed by atoms with E-state index in [9.17, 15) is 4.79 Å². The minimum Gasteiger partial charge on any atom is -0.343 e. The molecule has 0 aliphatic carbocycles. The van der Waals surface area contributed by atoms with Gasteiger partial charge in [-0.2, -0.15) is 0 Å². The molecular weight excluding hydrogens is 368 g/mol. The van der Waals surface area contributed by atoms with Crippen molar-refractivity contribution in [3.63, 3.8) is 0 Å². The number of fused-ring (bicyclic) bond motifs is 1. The monoisotopic (exact) mass is 388 g/mol. The van der Waals surface area contributed by atoms with Crippen molar-refractivity contribution in [2.24, 2.45) is 0 Å². The maximum Gasteiger partial charge on any atom is 0.228 e. The molecule has 0 saturated carbocycles. The number of aryl methyl sites for hydroxylation is 1. The van der Waals surface area contributed by atoms with Gasteiger partial charge in [-0.3, -0.25) is 4.79 Å². The van der Waals surface area contributed by atoms with Crippen molar-refractivity contribution in [3.05, 3.63) is 101 Å². The van der Waals surface area contributed by atoms with Gasteiger partial charge >= 0.3 is 0 Å². The van der Waals surface area contributed by atoms with Gasteiger partial charge in [0.15, 0.2) is 0 Å². The number of nitrogens with zero attached hydrogens (tertiary/aromatic N) is 1. The Morgan fingerprint density at radius 1 is 0.964 bits per heavy atom. The summed E-state index contributed by atoms with van der Waals surface area (Å²) in [6.45, 7) is 2.76. The number of benzene rings is 3. The van der Waals surface area contributed by atoms with Crippen molar-refractivity contribution < 1.29 is 4.79 Å². The van der Waals surface area contributed by atoms with Crippen LogP contribution in [0.3, 0.4) is 0 Å². The van der Waals surface area contributed by atoms with E-state index in [-0.39, 0.29) is 5.91 Å². The third-order valence-electron chi connectivity index (χ3n) is 4.82. The van der Waals surface area contributed by atoms with Crippen LogP contribution in [0.4, 0.5) is 5.69 Å². The predicted molar refractivity (Wildman–Crippen MR) is 116 cm³/mol. The number of aromatic nitrogens is 1. The molecule has 0 saturated heterocycles. The highest BCUT2D eigenvalue weighted by atomic mass is 35.5. The molecule has 0 aliphatic rings. The normalized spacial score (nSPS) is 10.9. The second-order valence-electron chi connectivity index (χ2n) is 7.02. The second kappa shape index (κ2) is 7.91. The molecule has 1 N–H and O–H groups in total. The van der Waals surface area contributed by atoms with Gasteiger partial charge < -0.3 is 9.88 Å². The summed E-state index contributed by atoms with van der Waals surface area (Å²) < 4.78 is 2.19. The average molecular weight is 389 g/mol. The second-order valence-corrected chi connectivity index (χ2v) is 7.45. The van der Waals surface area contributed by atoms with Crippen LogP contribution in [-0.2, 0) is 17.8 Å². The number of hydrogen-bond acceptors (Lipinski definition) is 1. The number of halogens is 1. The van der Waals surface area contributed by atoms with Crippen LogP contribution in [0.2, 0.25) is 5.02 Å². The first-order valence-electron chi connectivity index (χ1n) is 9.26. The van der Waals surface area contributed by atoms with Crippen molar-refractivity contribution in [3.8, 4) is 0 Å². The lowest BCUT2D eigenvalue weighted by Crippen LogP contribution is -2.14. The molecule has 3 nitrogen and oxygen atoms in total. The molecule has 4 rings (SSSR count). The molecule has 4 aromatic rings. The van der Waals surface area contributed by atoms with E-state index in [1.54, 1.807) is 0 Å². The molecule has 1 aromatic heterocycles. The molecule has 3 aromatic carbocycles. The summed E-state index contributed by atoms with van der Waals surface area (Å²) >= 11 is 5.99. The Morgan fingerprint density at radius 3 is 2.43 bits per heavy atom. The molecule has 0 spiro atoms. The first-order chi connectivity index (χ1) is 13.6. The smallest absolute Gasteiger partial charge is 0.228 e. The summed E-state index contributed by atoms with van der Waals surface area (Å²) in [6.07, 6.45) is 2.41. The van der Waals surface area contributed by atoms with E-state index in [0.717, 1.165) is 33.7 Å². The van der Waals surface area contributed by atoms with Crippen molar-refractivity contribution >= 4 is 34.1 Å². The molecular formula is C24H21ClN2O. The number of carbonyl (C=O) groups excluding carboxylic acids is 1. The Morgan fingerprint density at radius 2 is 1.68 bits per heavy atom. The molecule has 4 heteroatoms. The molecule has 1 amide bonds. The fourth-order valence-corrected chi connectivity index (χ4v) is 3.52. The summed E-state index contributed by atoms with van der Waals surface area (Å²) in [5, 5.41) is 4.82. The van der Waals surface area contributed by atoms with Gasteiger partial charge in [0.05, 0.1) is 6.42 Å². The van der Waals surface area contributed by atoms with E-state index >= 15 is 0 Å². The van der Waals surface area contributed by atoms with E-state index in [1.165, 1.54) is 11.1 Å². The Balaban J connectivity index is 1.57. The van der Waals surface area contributed by atoms with Gasteiger partial charge in [0, 0.05) is 34.4 Å². The summed E-state index contributed by atoms with van der Waals surface area (Å²) in [5.74, 6) is -0.0155. The Labute approximate surface area is 169 Å². The molecule has 0 unspecified atom stereocenters. The molecule has 28 heavy (non-hydrogen) atoms. The van der Waals surface area contributed by atoms with Crippen LogP contribution >= 0.6 is 11.6 Å². The fraction of sp³-hybridized carbons (Fsp3) is 0.125. The molecule has 0 bridgehead atoms. The third kappa shape index (κ3) is 4.10. The van der Waals surface area contributed by atoms with Crippen molar-refractivity contribution in [2.75, 3.05) is 5.32 Å². The average Bonchev–Trinajstić information content (AvgIpc) is 3.03. The molecule has 0 aliphatic heterocycles. The van der Waals surface area contributed by atoms with Crippen LogP contribution < -0.4 is 5.32 Å². The summed E-state index contributed by atoms with van der Waals surface area (Å²) in [6, 6.07) is 23.9. The minimum atomic E-state index is -0.0155. The number of hydrogen-bond donors (Lipinski definition) is 1. The van der Waals surface area contributed by atoms with Crippen molar-refractivity contribution in [2.45, 2.75) is 19.9 Å². The zero-order valence-electron chi connectivity index (χ0n) is 15.7. The fourth-order valence-electron chi connectivity index (χ4n) is 3.40. The van der Waals surface area contributed by atoms with E-state index in [1.807, 2.05) is 67.6 Å². The summed E-state index contributed by atoms with van der Waals surface area (Å²) in [7, 11) is 0. The van der Waals surface area contributed by atoms with Crippen LogP contribution in [0, 0.1) is 6.92 Å². The standard InChI is InChI=1S/C24H21ClN2O/c1-17-6-12-21(13-7-17)26-24(28)14-19-16-27(23-5-3-2-4-22(19)23)15-18-8-10-20(25)11-9-18/h2-13,16H,14-15H2,1H3,(H,26,28). The summed E-state index contributed by atoms with van der Waals surface area (Å²) in [4.78, 5) is 12.6. The van der Waals surface area contributed by atoms with Gasteiger partial charge in [-0.15, -0.1) is 0 Å². The van der Waals surface area contributed by atoms with Crippen molar-refractivity contribution in [1.82, 2.24) is 4.57 Å². The Hall–Kier alpha value is -3.04. The van der Waals surface area contributed by atoms with Gasteiger partial charge in [-0.1, -0.05) is 59.6 Å². The Bertz CT molecular complexity index is 1110. The Kier molecular flexibility index (Phi) is 5.18. The maximum absolute atomic E-state index is 12.6. The molecule has 1 heterocycles. The number of anilines is 1. The van der Waals surface area contributed by atoms with Gasteiger partial charge in [-0.25, -0.2) is 0 Å². The van der Waals surface area contributed by atoms with E-state index in [0.29, 0.717) is 6.42 Å². The maximum atomic E-state index is 12.6. The topological polar surface area (TPSA) is 34.0 Å². The zero-order valence-corrected chi connectivity index (χ0v) is 16.4. The highest BCUT2D eigenvalue weighted by Crippen LogP contribution is 2.24. The van der Waals surface area contributed by atoms with Crippen LogP contribution in [0.1, 0.15) is 16.7 Å². The molecule has 0 atom stereocenters. The van der Waals surface area contributed by atoms with Crippen LogP contribution in [-0.4, -0.2) is 10.5 Å². The lowest BCUT2D eigenvalue weighted by atomic mass is 10.1. The third-order valence-corrected chi connectivity index (χ3v) is 5.08. The quantitative estimate of drug-likeness (QED) is 0.458. The first kappa shape index (κ1) is 18.3. The lowest BCUT2D eigenvalue weighted by molar-refractivity contribution is -0.115. The van der Waals surface area contributed by atoms with Crippen LogP contribution in [0.15, 0.2) is 79.0 Å². The number of nitrogens with one attached hydrogen (secondary N) is 1. The predicted octanol–water partition coefficient (Wildman–Crippen LogP) is 5.83. The van der Waals surface area contributed by atoms with Gasteiger partial charge in [0.2, 0.25) is 5.91 Å². The van der Waals surface area contributed by atoms with Gasteiger partial charge in [-0.05, 0) is 48.4 Å². The largest absolute Gasteiger partial charge is 0.343 e. The zero-order chi connectivity index (χ0) is 19.5. The van der Waals surface area contributed by atoms with Crippen LogP contribution in [0.25, 0.3) is 10.9 Å². The molecule has 140 valence electrons. The summed E-state index contributed by atoms with van der Waals surface area (Å²) in [5.41, 5.74) is 5.30. The van der Waals surface area contributed by atoms with Gasteiger partial charge in [0.1, 0.15) is 0 Å². The number of rotatable bonds is 5. The van der Waals surface area contributed by atoms with Crippen LogP contribution in [0.5, 0.6) is 0 Å².